The molecule has 0 aliphatic carbocycles. The third-order valence-corrected chi connectivity index (χ3v) is 1.90. The van der Waals surface area contributed by atoms with Crippen LogP contribution in [0.4, 0.5) is 0 Å². The van der Waals surface area contributed by atoms with Gasteiger partial charge in [0.1, 0.15) is 6.29 Å². The first-order valence-electron chi connectivity index (χ1n) is 4.53. The number of hydrogen-bond donors (Lipinski definition) is 1. The number of rotatable bonds is 5. The molecule has 1 rings (SSSR count). The second-order valence-electron chi connectivity index (χ2n) is 3.11. The Bertz CT molecular complexity index is 271. The molecule has 0 heterocycles. The van der Waals surface area contributed by atoms with Crippen LogP contribution in [-0.4, -0.2) is 19.4 Å². The summed E-state index contributed by atoms with van der Waals surface area (Å²) in [5, 5.41) is 3.03. The van der Waals surface area contributed by atoms with Gasteiger partial charge in [0.25, 0.3) is 0 Å². The Morgan fingerprint density at radius 1 is 1.46 bits per heavy atom. The largest absolute Gasteiger partial charge is 0.310 e. The third kappa shape index (κ3) is 3.85. The molecule has 2 nitrogen and oxygen atoms in total. The van der Waals surface area contributed by atoms with Crippen LogP contribution in [0.15, 0.2) is 24.3 Å². The summed E-state index contributed by atoms with van der Waals surface area (Å²) in [5.41, 5.74) is 2.60. The van der Waals surface area contributed by atoms with Crippen molar-refractivity contribution in [1.82, 2.24) is 5.32 Å². The fourth-order valence-corrected chi connectivity index (χ4v) is 1.26. The Morgan fingerprint density at radius 2 is 2.31 bits per heavy atom. The molecule has 0 unspecified atom stereocenters. The first-order valence-corrected chi connectivity index (χ1v) is 4.53. The van der Waals surface area contributed by atoms with Crippen molar-refractivity contribution < 1.29 is 4.79 Å². The van der Waals surface area contributed by atoms with Crippen molar-refractivity contribution in [3.8, 4) is 0 Å². The zero-order valence-electron chi connectivity index (χ0n) is 7.92. The molecule has 0 atom stereocenters. The lowest BCUT2D eigenvalue weighted by atomic mass is 10.1. The van der Waals surface area contributed by atoms with Gasteiger partial charge in [0.05, 0.1) is 6.54 Å². The van der Waals surface area contributed by atoms with Gasteiger partial charge in [-0.2, -0.15) is 0 Å². The Balaban J connectivity index is 2.32. The van der Waals surface area contributed by atoms with Crippen molar-refractivity contribution in [2.24, 2.45) is 0 Å². The highest BCUT2D eigenvalue weighted by Gasteiger charge is 1.92. The summed E-state index contributed by atoms with van der Waals surface area (Å²) < 4.78 is 0. The Kier molecular flexibility index (Phi) is 4.19. The van der Waals surface area contributed by atoms with E-state index in [1.54, 1.807) is 0 Å². The van der Waals surface area contributed by atoms with Crippen LogP contribution >= 0.6 is 0 Å². The van der Waals surface area contributed by atoms with E-state index in [0.717, 1.165) is 19.3 Å². The molecule has 0 amide bonds. The summed E-state index contributed by atoms with van der Waals surface area (Å²) in [6.07, 6.45) is 1.87. The Labute approximate surface area is 79.0 Å². The first kappa shape index (κ1) is 9.93. The first-order chi connectivity index (χ1) is 6.33. The highest BCUT2D eigenvalue weighted by Crippen LogP contribution is 2.03. The number of carbonyl (C=O) groups excluding carboxylic acids is 1. The van der Waals surface area contributed by atoms with Gasteiger partial charge < -0.3 is 10.1 Å². The minimum atomic E-state index is 0.450. The number of benzene rings is 1. The quantitative estimate of drug-likeness (QED) is 0.543. The van der Waals surface area contributed by atoms with E-state index in [0.29, 0.717) is 6.54 Å². The maximum Gasteiger partial charge on any atom is 0.133 e. The topological polar surface area (TPSA) is 29.1 Å². The van der Waals surface area contributed by atoms with Gasteiger partial charge >= 0.3 is 0 Å². The van der Waals surface area contributed by atoms with Crippen LogP contribution in [0.5, 0.6) is 0 Å². The lowest BCUT2D eigenvalue weighted by Crippen LogP contribution is -2.19. The molecule has 0 aliphatic heterocycles. The van der Waals surface area contributed by atoms with Crippen molar-refractivity contribution in [1.29, 1.82) is 0 Å². The van der Waals surface area contributed by atoms with Crippen molar-refractivity contribution in [2.75, 3.05) is 13.1 Å². The number of hydrogen-bond acceptors (Lipinski definition) is 2. The van der Waals surface area contributed by atoms with Gasteiger partial charge in [0.15, 0.2) is 0 Å². The number of nitrogens with one attached hydrogen (secondary N) is 1. The predicted molar refractivity (Wildman–Crippen MR) is 53.8 cm³/mol. The minimum absolute atomic E-state index is 0.450. The summed E-state index contributed by atoms with van der Waals surface area (Å²) in [7, 11) is 0. The summed E-state index contributed by atoms with van der Waals surface area (Å²) in [4.78, 5) is 10.0. The SMILES string of the molecule is Cc1cccc(CCNCC=O)c1. The molecule has 2 heteroatoms. The lowest BCUT2D eigenvalue weighted by Gasteiger charge is -2.02. The van der Waals surface area contributed by atoms with Gasteiger partial charge in [-0.05, 0) is 25.5 Å². The van der Waals surface area contributed by atoms with Crippen LogP contribution in [0.2, 0.25) is 0 Å². The van der Waals surface area contributed by atoms with Gasteiger partial charge in [-0.15, -0.1) is 0 Å². The van der Waals surface area contributed by atoms with Crippen LogP contribution in [0, 0.1) is 6.92 Å². The average Bonchev–Trinajstić information content (AvgIpc) is 2.13. The van der Waals surface area contributed by atoms with E-state index in [2.05, 4.69) is 36.5 Å². The summed E-state index contributed by atoms with van der Waals surface area (Å²) in [6, 6.07) is 8.42. The van der Waals surface area contributed by atoms with Crippen molar-refractivity contribution in [3.05, 3.63) is 35.4 Å². The van der Waals surface area contributed by atoms with E-state index in [4.69, 9.17) is 0 Å². The van der Waals surface area contributed by atoms with Gasteiger partial charge in [-0.1, -0.05) is 29.8 Å². The normalized spacial score (nSPS) is 9.92. The average molecular weight is 177 g/mol. The van der Waals surface area contributed by atoms with Gasteiger partial charge in [0, 0.05) is 0 Å². The highest BCUT2D eigenvalue weighted by atomic mass is 16.1. The molecular weight excluding hydrogens is 162 g/mol. The zero-order chi connectivity index (χ0) is 9.52. The van der Waals surface area contributed by atoms with E-state index in [9.17, 15) is 4.79 Å². The predicted octanol–water partition coefficient (Wildman–Crippen LogP) is 1.33. The van der Waals surface area contributed by atoms with Gasteiger partial charge in [0.2, 0.25) is 0 Å². The molecule has 70 valence electrons. The summed E-state index contributed by atoms with van der Waals surface area (Å²) in [5.74, 6) is 0. The van der Waals surface area contributed by atoms with Crippen LogP contribution in [0.1, 0.15) is 11.1 Å². The molecule has 0 radical (unpaired) electrons. The lowest BCUT2D eigenvalue weighted by molar-refractivity contribution is -0.107. The monoisotopic (exact) mass is 177 g/mol. The third-order valence-electron chi connectivity index (χ3n) is 1.90. The summed E-state index contributed by atoms with van der Waals surface area (Å²) in [6.45, 7) is 3.40. The Morgan fingerprint density at radius 3 is 3.00 bits per heavy atom. The molecule has 0 spiro atoms. The number of carbonyl (C=O) groups is 1. The Hall–Kier alpha value is -1.15. The second kappa shape index (κ2) is 5.49. The van der Waals surface area contributed by atoms with Crippen LogP contribution in [-0.2, 0) is 11.2 Å². The smallest absolute Gasteiger partial charge is 0.133 e. The second-order valence-corrected chi connectivity index (χ2v) is 3.11. The molecule has 0 fully saturated rings. The highest BCUT2D eigenvalue weighted by molar-refractivity contribution is 5.51. The van der Waals surface area contributed by atoms with Crippen molar-refractivity contribution in [3.63, 3.8) is 0 Å². The van der Waals surface area contributed by atoms with Gasteiger partial charge in [-0.25, -0.2) is 0 Å². The molecule has 0 bridgehead atoms. The molecule has 1 N–H and O–H groups in total. The van der Waals surface area contributed by atoms with E-state index < -0.39 is 0 Å². The fourth-order valence-electron chi connectivity index (χ4n) is 1.26. The minimum Gasteiger partial charge on any atom is -0.310 e. The number of aldehydes is 1. The summed E-state index contributed by atoms with van der Waals surface area (Å²) >= 11 is 0. The van der Waals surface area contributed by atoms with E-state index in [-0.39, 0.29) is 0 Å². The molecule has 0 aromatic heterocycles. The van der Waals surface area contributed by atoms with E-state index in [1.807, 2.05) is 0 Å². The standard InChI is InChI=1S/C11H15NO/c1-10-3-2-4-11(9-10)5-6-12-7-8-13/h2-4,8-9,12H,5-7H2,1H3. The molecule has 13 heavy (non-hydrogen) atoms. The maximum atomic E-state index is 10.0. The van der Waals surface area contributed by atoms with Crippen molar-refractivity contribution in [2.45, 2.75) is 13.3 Å². The van der Waals surface area contributed by atoms with Gasteiger partial charge in [-0.3, -0.25) is 0 Å². The van der Waals surface area contributed by atoms with Crippen molar-refractivity contribution >= 4 is 6.29 Å². The molecular formula is C11H15NO. The van der Waals surface area contributed by atoms with Crippen LogP contribution in [0.25, 0.3) is 0 Å². The van der Waals surface area contributed by atoms with E-state index in [1.165, 1.54) is 11.1 Å². The zero-order valence-corrected chi connectivity index (χ0v) is 7.92. The van der Waals surface area contributed by atoms with Crippen LogP contribution < -0.4 is 5.32 Å². The van der Waals surface area contributed by atoms with Crippen LogP contribution in [0.3, 0.4) is 0 Å². The van der Waals surface area contributed by atoms with E-state index >= 15 is 0 Å². The molecule has 0 aliphatic rings. The molecule has 0 saturated carbocycles. The maximum absolute atomic E-state index is 10.0. The molecule has 0 saturated heterocycles. The molecule has 1 aromatic carbocycles. The fraction of sp³-hybridized carbons (Fsp3) is 0.364. The number of aryl methyl sites for hydroxylation is 1. The molecule has 1 aromatic rings.